The molecular formula is C32H43IrN2O2-. The number of ketones is 1. The van der Waals surface area contributed by atoms with E-state index in [-0.39, 0.29) is 42.5 Å². The number of aromatic nitrogens is 2. The number of pyridine rings is 2. The van der Waals surface area contributed by atoms with E-state index < -0.39 is 5.41 Å². The number of benzene rings is 1. The maximum Gasteiger partial charge on any atom is 0.164 e. The first-order valence-electron chi connectivity index (χ1n) is 12.8. The predicted molar refractivity (Wildman–Crippen MR) is 151 cm³/mol. The Bertz CT molecular complexity index is 1230. The molecule has 2 heterocycles. The Hall–Kier alpha value is -2.36. The van der Waals surface area contributed by atoms with E-state index in [9.17, 15) is 9.90 Å². The molecule has 37 heavy (non-hydrogen) atoms. The van der Waals surface area contributed by atoms with Gasteiger partial charge >= 0.3 is 0 Å². The third kappa shape index (κ3) is 8.86. The van der Waals surface area contributed by atoms with E-state index in [1.54, 1.807) is 6.20 Å². The second-order valence-corrected chi connectivity index (χ2v) is 11.9. The van der Waals surface area contributed by atoms with Gasteiger partial charge in [-0.05, 0) is 36.1 Å². The number of nitrogens with zero attached hydrogens (tertiary/aromatic N) is 2. The molecule has 1 radical (unpaired) electrons. The van der Waals surface area contributed by atoms with Gasteiger partial charge in [-0.3, -0.25) is 9.78 Å². The van der Waals surface area contributed by atoms with Crippen LogP contribution in [0.3, 0.4) is 0 Å². The zero-order valence-electron chi connectivity index (χ0n) is 24.1. The van der Waals surface area contributed by atoms with Crippen LogP contribution in [0.25, 0.3) is 22.3 Å². The maximum absolute atomic E-state index is 11.5. The zero-order chi connectivity index (χ0) is 27.3. The van der Waals surface area contributed by atoms with Crippen molar-refractivity contribution in [2.75, 3.05) is 0 Å². The van der Waals surface area contributed by atoms with Crippen molar-refractivity contribution in [3.63, 3.8) is 0 Å². The third-order valence-corrected chi connectivity index (χ3v) is 6.78. The second kappa shape index (κ2) is 12.9. The Morgan fingerprint density at radius 2 is 1.59 bits per heavy atom. The molecule has 203 valence electrons. The summed E-state index contributed by atoms with van der Waals surface area (Å²) in [6.45, 7) is 20.1. The van der Waals surface area contributed by atoms with E-state index in [1.807, 2.05) is 53.7 Å². The second-order valence-electron chi connectivity index (χ2n) is 11.9. The summed E-state index contributed by atoms with van der Waals surface area (Å²) in [7, 11) is 0. The molecule has 0 saturated carbocycles. The van der Waals surface area contributed by atoms with Crippen LogP contribution in [0.15, 0.2) is 54.4 Å². The van der Waals surface area contributed by atoms with Crippen molar-refractivity contribution in [3.05, 3.63) is 71.6 Å². The molecule has 0 fully saturated rings. The molecule has 3 aromatic rings. The van der Waals surface area contributed by atoms with Gasteiger partial charge in [0.2, 0.25) is 0 Å². The molecule has 0 bridgehead atoms. The summed E-state index contributed by atoms with van der Waals surface area (Å²) in [5.74, 6) is 0.104. The summed E-state index contributed by atoms with van der Waals surface area (Å²) in [5.41, 5.74) is 4.75. The fourth-order valence-electron chi connectivity index (χ4n) is 3.52. The first kappa shape index (κ1) is 32.7. The van der Waals surface area contributed by atoms with Crippen LogP contribution in [0, 0.1) is 23.8 Å². The molecule has 0 amide bonds. The molecule has 1 N–H and O–H groups in total. The molecule has 0 unspecified atom stereocenters. The van der Waals surface area contributed by atoms with Crippen LogP contribution in [0.1, 0.15) is 86.3 Å². The van der Waals surface area contributed by atoms with Crippen molar-refractivity contribution in [2.45, 2.75) is 87.5 Å². The number of aliphatic hydroxyl groups is 1. The van der Waals surface area contributed by atoms with Crippen LogP contribution in [0.5, 0.6) is 0 Å². The number of aryl methyl sites for hydroxylation is 1. The fraction of sp³-hybridized carbons (Fsp3) is 0.469. The van der Waals surface area contributed by atoms with E-state index in [0.717, 1.165) is 40.7 Å². The molecule has 0 spiro atoms. The van der Waals surface area contributed by atoms with Gasteiger partial charge in [0.15, 0.2) is 5.78 Å². The molecule has 0 atom stereocenters. The summed E-state index contributed by atoms with van der Waals surface area (Å²) in [4.78, 5) is 20.6. The number of fused-ring (bicyclic) bond motifs is 1. The molecule has 0 aliphatic heterocycles. The van der Waals surface area contributed by atoms with E-state index in [4.69, 9.17) is 4.98 Å². The average molecular weight is 680 g/mol. The first-order valence-corrected chi connectivity index (χ1v) is 12.8. The molecule has 0 saturated heterocycles. The van der Waals surface area contributed by atoms with Crippen LogP contribution in [-0.4, -0.2) is 20.9 Å². The molecule has 3 rings (SSSR count). The third-order valence-electron chi connectivity index (χ3n) is 6.78. The minimum atomic E-state index is -0.417. The van der Waals surface area contributed by atoms with Gasteiger partial charge in [0, 0.05) is 48.6 Å². The summed E-state index contributed by atoms with van der Waals surface area (Å²) in [5, 5.41) is 10.6. The minimum Gasteiger partial charge on any atom is -0.512 e. The van der Waals surface area contributed by atoms with Crippen LogP contribution in [0.2, 0.25) is 0 Å². The van der Waals surface area contributed by atoms with Gasteiger partial charge in [-0.25, -0.2) is 4.98 Å². The topological polar surface area (TPSA) is 63.1 Å². The monoisotopic (exact) mass is 680 g/mol. The first-order chi connectivity index (χ1) is 16.6. The molecule has 0 aliphatic carbocycles. The largest absolute Gasteiger partial charge is 0.512 e. The van der Waals surface area contributed by atoms with Crippen LogP contribution < -0.4 is 0 Å². The van der Waals surface area contributed by atoms with Gasteiger partial charge in [0.05, 0.1) is 0 Å². The predicted octanol–water partition coefficient (Wildman–Crippen LogP) is 8.57. The zero-order valence-corrected chi connectivity index (χ0v) is 26.5. The van der Waals surface area contributed by atoms with Crippen molar-refractivity contribution < 1.29 is 30.0 Å². The number of carbonyl (C=O) groups is 1. The van der Waals surface area contributed by atoms with E-state index in [1.165, 1.54) is 11.6 Å². The quantitative estimate of drug-likeness (QED) is 0.167. The molecule has 4 nitrogen and oxygen atoms in total. The molecule has 2 aromatic heterocycles. The van der Waals surface area contributed by atoms with Crippen molar-refractivity contribution in [3.8, 4) is 11.3 Å². The van der Waals surface area contributed by atoms with Crippen LogP contribution >= 0.6 is 0 Å². The molecule has 1 aromatic carbocycles. The molecule has 0 aliphatic rings. The molecule has 5 heteroatoms. The summed E-state index contributed by atoms with van der Waals surface area (Å²) in [6, 6.07) is 16.1. The van der Waals surface area contributed by atoms with Crippen molar-refractivity contribution >= 4 is 16.8 Å². The van der Waals surface area contributed by atoms with Gasteiger partial charge in [-0.15, -0.1) is 34.9 Å². The van der Waals surface area contributed by atoms with Crippen LogP contribution in [-0.2, 0) is 30.3 Å². The number of aliphatic hydroxyl groups excluding tert-OH is 1. The standard InChI is InChI=1S/C21H23N2.C11H20O2.Ir/c1-5-21(4,6-2)18-13-15(3)12-17(14-18)19-10-9-16-8-7-11-22-20(16)23-19;1-10(2,3)8(12)7-9(13)11(4,5)6;/h7-11,13-14H,5-6H2,1-4H3;7,12H,1-6H3;/q-1;;/b;8-7-;. The summed E-state index contributed by atoms with van der Waals surface area (Å²) in [6.07, 6.45) is 5.37. The Balaban J connectivity index is 0.000000423. The normalized spacial score (nSPS) is 12.4. The minimum absolute atomic E-state index is 0. The SMILES string of the molecule is CC(C)(C)C(=O)/C=C(\O)C(C)(C)C.CCC(C)(CC)c1cc(C)[c-]c(-c2ccc3cccnc3n2)c1.[Ir]. The summed E-state index contributed by atoms with van der Waals surface area (Å²) < 4.78 is 0. The van der Waals surface area contributed by atoms with Crippen molar-refractivity contribution in [1.29, 1.82) is 0 Å². The average Bonchev–Trinajstić information content (AvgIpc) is 2.82. The van der Waals surface area contributed by atoms with E-state index >= 15 is 0 Å². The Morgan fingerprint density at radius 3 is 2.14 bits per heavy atom. The smallest absolute Gasteiger partial charge is 0.164 e. The summed E-state index contributed by atoms with van der Waals surface area (Å²) >= 11 is 0. The number of allylic oxidation sites excluding steroid dienone is 2. The number of carbonyl (C=O) groups excluding carboxylic acids is 1. The molecular weight excluding hydrogens is 637 g/mol. The fourth-order valence-corrected chi connectivity index (χ4v) is 3.52. The van der Waals surface area contributed by atoms with Crippen LogP contribution in [0.4, 0.5) is 0 Å². The van der Waals surface area contributed by atoms with Gasteiger partial charge in [-0.2, -0.15) is 0 Å². The van der Waals surface area contributed by atoms with Gasteiger partial charge in [0.1, 0.15) is 11.4 Å². The van der Waals surface area contributed by atoms with Gasteiger partial charge in [0.25, 0.3) is 0 Å². The Kier molecular flexibility index (Phi) is 11.4. The van der Waals surface area contributed by atoms with Gasteiger partial charge in [-0.1, -0.05) is 81.4 Å². The maximum atomic E-state index is 11.5. The Morgan fingerprint density at radius 1 is 0.973 bits per heavy atom. The number of hydrogen-bond donors (Lipinski definition) is 1. The van der Waals surface area contributed by atoms with E-state index in [0.29, 0.717) is 0 Å². The van der Waals surface area contributed by atoms with Crippen molar-refractivity contribution in [2.24, 2.45) is 10.8 Å². The number of hydrogen-bond acceptors (Lipinski definition) is 4. The number of rotatable bonds is 5. The Labute approximate surface area is 237 Å². The van der Waals surface area contributed by atoms with E-state index in [2.05, 4.69) is 63.0 Å². The van der Waals surface area contributed by atoms with Gasteiger partial charge < -0.3 is 5.11 Å². The van der Waals surface area contributed by atoms with Crippen molar-refractivity contribution in [1.82, 2.24) is 9.97 Å².